The maximum absolute atomic E-state index is 11.2. The average molecular weight is 138 g/mol. The summed E-state index contributed by atoms with van der Waals surface area (Å²) in [5, 5.41) is 8.05. The third kappa shape index (κ3) is 2.07. The van der Waals surface area contributed by atoms with E-state index >= 15 is 0 Å². The van der Waals surface area contributed by atoms with Gasteiger partial charge < -0.3 is 9.84 Å². The number of hydrogen-bond donors (Lipinski definition) is 1. The highest BCUT2D eigenvalue weighted by molar-refractivity contribution is 5.85. The van der Waals surface area contributed by atoms with Crippen molar-refractivity contribution in [3.8, 4) is 0 Å². The molecule has 0 aliphatic heterocycles. The van der Waals surface area contributed by atoms with E-state index in [1.165, 1.54) is 0 Å². The smallest absolute Gasteiger partial charge is 0.378 e. The van der Waals surface area contributed by atoms with Gasteiger partial charge in [-0.3, -0.25) is 0 Å². The first-order valence-corrected chi connectivity index (χ1v) is 1.92. The summed E-state index contributed by atoms with van der Waals surface area (Å²) in [5.74, 6) is -3.08. The molecule has 0 rings (SSSR count). The van der Waals surface area contributed by atoms with Gasteiger partial charge in [-0.25, -0.2) is 4.79 Å². The number of halogens is 2. The fourth-order valence-corrected chi connectivity index (χ4v) is 0.174. The van der Waals surface area contributed by atoms with E-state index in [-0.39, 0.29) is 0 Å². The number of aliphatic hydroxyl groups is 1. The molecule has 0 unspecified atom stereocenters. The van der Waals surface area contributed by atoms with Crippen molar-refractivity contribution in [2.24, 2.45) is 0 Å². The summed E-state index contributed by atoms with van der Waals surface area (Å²) in [4.78, 5) is 9.94. The van der Waals surface area contributed by atoms with Crippen molar-refractivity contribution in [3.05, 3.63) is 11.8 Å². The molecule has 0 spiro atoms. The molecule has 9 heavy (non-hydrogen) atoms. The van der Waals surface area contributed by atoms with Crippen LogP contribution in [0.4, 0.5) is 8.78 Å². The minimum atomic E-state index is -2.44. The molecular formula is C4H4F2O3. The molecule has 0 fully saturated rings. The van der Waals surface area contributed by atoms with Gasteiger partial charge in [-0.05, 0) is 0 Å². The molecule has 0 aliphatic carbocycles. The van der Waals surface area contributed by atoms with Gasteiger partial charge in [0.15, 0.2) is 0 Å². The Morgan fingerprint density at radius 1 is 1.56 bits per heavy atom. The lowest BCUT2D eigenvalue weighted by Crippen LogP contribution is -2.04. The first kappa shape index (κ1) is 7.87. The van der Waals surface area contributed by atoms with E-state index in [0.717, 1.165) is 7.11 Å². The summed E-state index contributed by atoms with van der Waals surface area (Å²) in [6.45, 7) is 0. The van der Waals surface area contributed by atoms with E-state index in [1.807, 2.05) is 0 Å². The molecule has 5 heteroatoms. The number of ether oxygens (including phenoxy) is 1. The molecule has 1 N–H and O–H groups in total. The van der Waals surface area contributed by atoms with Crippen LogP contribution in [0.25, 0.3) is 0 Å². The fourth-order valence-electron chi connectivity index (χ4n) is 0.174. The van der Waals surface area contributed by atoms with Crippen molar-refractivity contribution in [1.82, 2.24) is 0 Å². The first-order chi connectivity index (χ1) is 4.09. The van der Waals surface area contributed by atoms with Crippen molar-refractivity contribution in [2.45, 2.75) is 0 Å². The Hall–Kier alpha value is -1.13. The predicted octanol–water partition coefficient (Wildman–Crippen LogP) is 0.825. The topological polar surface area (TPSA) is 46.5 Å². The van der Waals surface area contributed by atoms with Gasteiger partial charge in [-0.2, -0.15) is 8.78 Å². The highest BCUT2D eigenvalue weighted by Gasteiger charge is 2.13. The van der Waals surface area contributed by atoms with E-state index in [2.05, 4.69) is 4.74 Å². The monoisotopic (exact) mass is 138 g/mol. The number of hydrogen-bond acceptors (Lipinski definition) is 3. The van der Waals surface area contributed by atoms with Crippen molar-refractivity contribution in [1.29, 1.82) is 0 Å². The predicted molar refractivity (Wildman–Crippen MR) is 23.9 cm³/mol. The first-order valence-electron chi connectivity index (χ1n) is 1.92. The molecule has 0 atom stereocenters. The largest absolute Gasteiger partial charge is 0.498 e. The molecule has 0 aromatic heterocycles. The molecule has 0 amide bonds. The molecule has 52 valence electrons. The molecule has 0 aliphatic rings. The minimum Gasteiger partial charge on any atom is -0.498 e. The van der Waals surface area contributed by atoms with Gasteiger partial charge in [-0.1, -0.05) is 0 Å². The number of methoxy groups -OCH3 is 1. The second-order valence-electron chi connectivity index (χ2n) is 1.10. The summed E-state index contributed by atoms with van der Waals surface area (Å²) in [6, 6.07) is 0. The van der Waals surface area contributed by atoms with Crippen molar-refractivity contribution in [3.63, 3.8) is 0 Å². The molecule has 0 heterocycles. The Balaban J connectivity index is 4.21. The third-order valence-corrected chi connectivity index (χ3v) is 0.558. The van der Waals surface area contributed by atoms with E-state index in [4.69, 9.17) is 5.11 Å². The normalized spacial score (nSPS) is 8.33. The highest BCUT2D eigenvalue weighted by Crippen LogP contribution is 2.04. The van der Waals surface area contributed by atoms with Crippen LogP contribution in [0.2, 0.25) is 0 Å². The summed E-state index contributed by atoms with van der Waals surface area (Å²) < 4.78 is 26.1. The number of carbonyl (C=O) groups is 1. The maximum Gasteiger partial charge on any atom is 0.378 e. The summed E-state index contributed by atoms with van der Waals surface area (Å²) in [5.41, 5.74) is 0. The molecule has 0 aromatic rings. The molecular weight excluding hydrogens is 134 g/mol. The van der Waals surface area contributed by atoms with Crippen LogP contribution in [0.1, 0.15) is 0 Å². The van der Waals surface area contributed by atoms with Gasteiger partial charge in [0.25, 0.3) is 5.76 Å². The Kier molecular flexibility index (Phi) is 2.63. The van der Waals surface area contributed by atoms with Gasteiger partial charge in [0.05, 0.1) is 7.11 Å². The second-order valence-corrected chi connectivity index (χ2v) is 1.10. The summed E-state index contributed by atoms with van der Waals surface area (Å²) in [7, 11) is 0.890. The van der Waals surface area contributed by atoms with Crippen LogP contribution in [0.15, 0.2) is 11.8 Å². The van der Waals surface area contributed by atoms with Crippen LogP contribution < -0.4 is 0 Å². The van der Waals surface area contributed by atoms with Gasteiger partial charge in [0.1, 0.15) is 0 Å². The van der Waals surface area contributed by atoms with Crippen LogP contribution in [0, 0.1) is 0 Å². The molecule has 0 radical (unpaired) electrons. The zero-order chi connectivity index (χ0) is 7.44. The van der Waals surface area contributed by atoms with E-state index < -0.39 is 17.8 Å². The Labute approximate surface area is 49.5 Å². The summed E-state index contributed by atoms with van der Waals surface area (Å²) in [6.07, 6.45) is -2.44. The molecule has 0 saturated carbocycles. The van der Waals surface area contributed by atoms with Gasteiger partial charge >= 0.3 is 12.0 Å². The average Bonchev–Trinajstić information content (AvgIpc) is 1.84. The van der Waals surface area contributed by atoms with E-state index in [1.54, 1.807) is 0 Å². The van der Waals surface area contributed by atoms with Crippen molar-refractivity contribution >= 4 is 5.97 Å². The van der Waals surface area contributed by atoms with Gasteiger partial charge in [-0.15, -0.1) is 0 Å². The quantitative estimate of drug-likeness (QED) is 0.331. The van der Waals surface area contributed by atoms with Crippen LogP contribution in [-0.2, 0) is 9.53 Å². The van der Waals surface area contributed by atoms with Crippen LogP contribution in [0.3, 0.4) is 0 Å². The van der Waals surface area contributed by atoms with Crippen LogP contribution >= 0.6 is 0 Å². The summed E-state index contributed by atoms with van der Waals surface area (Å²) >= 11 is 0. The lowest BCUT2D eigenvalue weighted by molar-refractivity contribution is -0.139. The zero-order valence-corrected chi connectivity index (χ0v) is 4.52. The van der Waals surface area contributed by atoms with Crippen molar-refractivity contribution in [2.75, 3.05) is 7.11 Å². The molecule has 3 nitrogen and oxygen atoms in total. The fraction of sp³-hybridized carbons (Fsp3) is 0.250. The Morgan fingerprint density at radius 2 is 2.00 bits per heavy atom. The van der Waals surface area contributed by atoms with Crippen LogP contribution in [-0.4, -0.2) is 18.2 Å². The standard InChI is InChI=1S/C4H4F2O3/c1-9-4(8)2(7)3(5)6/h7H,1H3. The highest BCUT2D eigenvalue weighted by atomic mass is 19.3. The second kappa shape index (κ2) is 3.01. The van der Waals surface area contributed by atoms with Gasteiger partial charge in [0.2, 0.25) is 0 Å². The minimum absolute atomic E-state index is 0.890. The number of esters is 1. The Morgan fingerprint density at radius 3 is 2.11 bits per heavy atom. The van der Waals surface area contributed by atoms with Crippen molar-refractivity contribution < 1.29 is 23.4 Å². The lowest BCUT2D eigenvalue weighted by atomic mass is 10.6. The Bertz CT molecular complexity index is 148. The SMILES string of the molecule is COC(=O)C(O)=C(F)F. The van der Waals surface area contributed by atoms with Gasteiger partial charge in [0, 0.05) is 0 Å². The number of aliphatic hydroxyl groups excluding tert-OH is 1. The van der Waals surface area contributed by atoms with E-state index in [9.17, 15) is 13.6 Å². The molecule has 0 bridgehead atoms. The molecule has 0 aromatic carbocycles. The zero-order valence-electron chi connectivity index (χ0n) is 4.52. The molecule has 0 saturated heterocycles. The van der Waals surface area contributed by atoms with Crippen LogP contribution in [0.5, 0.6) is 0 Å². The number of rotatable bonds is 1. The lowest BCUT2D eigenvalue weighted by Gasteiger charge is -1.92. The maximum atomic E-state index is 11.2. The van der Waals surface area contributed by atoms with E-state index in [0.29, 0.717) is 0 Å². The third-order valence-electron chi connectivity index (χ3n) is 0.558. The number of carbonyl (C=O) groups excluding carboxylic acids is 1.